The summed E-state index contributed by atoms with van der Waals surface area (Å²) >= 11 is 0. The van der Waals surface area contributed by atoms with Crippen molar-refractivity contribution in [1.29, 1.82) is 0 Å². The molecule has 2 rings (SSSR count). The molecule has 19 heavy (non-hydrogen) atoms. The number of hydrogen-bond acceptors (Lipinski definition) is 4. The van der Waals surface area contributed by atoms with E-state index in [-0.39, 0.29) is 11.9 Å². The van der Waals surface area contributed by atoms with Gasteiger partial charge < -0.3 is 18.8 Å². The molecule has 0 bridgehead atoms. The van der Waals surface area contributed by atoms with Gasteiger partial charge in [0.25, 0.3) is 0 Å². The first-order valence-corrected chi connectivity index (χ1v) is 6.70. The molecule has 0 radical (unpaired) electrons. The van der Waals surface area contributed by atoms with Crippen LogP contribution in [0.2, 0.25) is 0 Å². The maximum absolute atomic E-state index is 12.3. The van der Waals surface area contributed by atoms with E-state index >= 15 is 0 Å². The second-order valence-electron chi connectivity index (χ2n) is 4.68. The Labute approximate surface area is 113 Å². The molecular formula is C14H21NO4. The van der Waals surface area contributed by atoms with Crippen LogP contribution in [0.5, 0.6) is 0 Å². The zero-order valence-electron chi connectivity index (χ0n) is 11.3. The van der Waals surface area contributed by atoms with E-state index in [1.165, 1.54) is 0 Å². The molecule has 0 aromatic carbocycles. The number of morpholine rings is 1. The normalized spacial score (nSPS) is 19.6. The highest BCUT2D eigenvalue weighted by Crippen LogP contribution is 2.14. The molecule has 1 amide bonds. The van der Waals surface area contributed by atoms with Gasteiger partial charge in [-0.2, -0.15) is 0 Å². The topological polar surface area (TPSA) is 51.9 Å². The average molecular weight is 267 g/mol. The number of aryl methyl sites for hydroxylation is 1. The smallest absolute Gasteiger partial charge is 0.223 e. The quantitative estimate of drug-likeness (QED) is 0.783. The molecule has 1 unspecified atom stereocenters. The number of ether oxygens (including phenoxy) is 2. The van der Waals surface area contributed by atoms with Gasteiger partial charge in [-0.3, -0.25) is 4.79 Å². The Hall–Kier alpha value is -1.33. The Kier molecular flexibility index (Phi) is 5.42. The van der Waals surface area contributed by atoms with Crippen LogP contribution in [0.4, 0.5) is 0 Å². The van der Waals surface area contributed by atoms with Crippen LogP contribution in [-0.2, 0) is 20.7 Å². The summed E-state index contributed by atoms with van der Waals surface area (Å²) < 4.78 is 15.8. The van der Waals surface area contributed by atoms with Crippen LogP contribution >= 0.6 is 0 Å². The van der Waals surface area contributed by atoms with Crippen molar-refractivity contribution in [3.63, 3.8) is 0 Å². The summed E-state index contributed by atoms with van der Waals surface area (Å²) in [4.78, 5) is 14.2. The van der Waals surface area contributed by atoms with Crippen molar-refractivity contribution in [1.82, 2.24) is 4.90 Å². The summed E-state index contributed by atoms with van der Waals surface area (Å²) in [6.45, 7) is 2.55. The van der Waals surface area contributed by atoms with Crippen molar-refractivity contribution in [2.45, 2.75) is 25.3 Å². The lowest BCUT2D eigenvalue weighted by Gasteiger charge is -2.35. The number of carbonyl (C=O) groups is 1. The molecule has 5 nitrogen and oxygen atoms in total. The third-order valence-electron chi connectivity index (χ3n) is 3.37. The van der Waals surface area contributed by atoms with Crippen LogP contribution in [-0.4, -0.2) is 50.3 Å². The predicted octanol–water partition coefficient (Wildman–Crippen LogP) is 1.48. The van der Waals surface area contributed by atoms with Crippen molar-refractivity contribution in [2.75, 3.05) is 33.5 Å². The van der Waals surface area contributed by atoms with Gasteiger partial charge in [0.1, 0.15) is 5.76 Å². The number of furan rings is 1. The van der Waals surface area contributed by atoms with E-state index in [0.29, 0.717) is 39.2 Å². The van der Waals surface area contributed by atoms with Gasteiger partial charge in [-0.25, -0.2) is 0 Å². The maximum atomic E-state index is 12.3. The van der Waals surface area contributed by atoms with Gasteiger partial charge >= 0.3 is 0 Å². The van der Waals surface area contributed by atoms with E-state index in [0.717, 1.165) is 12.2 Å². The van der Waals surface area contributed by atoms with Crippen LogP contribution in [0.1, 0.15) is 18.6 Å². The highest BCUT2D eigenvalue weighted by molar-refractivity contribution is 5.76. The third-order valence-corrected chi connectivity index (χ3v) is 3.37. The average Bonchev–Trinajstić information content (AvgIpc) is 2.96. The molecule has 0 N–H and O–H groups in total. The van der Waals surface area contributed by atoms with Crippen molar-refractivity contribution in [3.8, 4) is 0 Å². The SMILES string of the molecule is COCCC1COCCN1C(=O)CCc1ccco1. The Balaban J connectivity index is 1.84. The minimum atomic E-state index is 0.137. The second kappa shape index (κ2) is 7.31. The zero-order valence-corrected chi connectivity index (χ0v) is 11.3. The molecule has 1 aromatic heterocycles. The summed E-state index contributed by atoms with van der Waals surface area (Å²) in [7, 11) is 1.67. The lowest BCUT2D eigenvalue weighted by molar-refractivity contribution is -0.140. The molecule has 1 aliphatic rings. The Morgan fingerprint density at radius 2 is 2.47 bits per heavy atom. The van der Waals surface area contributed by atoms with E-state index in [1.807, 2.05) is 17.0 Å². The monoisotopic (exact) mass is 267 g/mol. The van der Waals surface area contributed by atoms with Gasteiger partial charge in [-0.1, -0.05) is 0 Å². The molecule has 1 atom stereocenters. The molecule has 1 aliphatic heterocycles. The molecule has 0 aliphatic carbocycles. The third kappa shape index (κ3) is 4.08. The van der Waals surface area contributed by atoms with E-state index in [2.05, 4.69) is 0 Å². The van der Waals surface area contributed by atoms with Crippen LogP contribution in [0.3, 0.4) is 0 Å². The van der Waals surface area contributed by atoms with Gasteiger partial charge in [0.05, 0.1) is 25.5 Å². The van der Waals surface area contributed by atoms with Gasteiger partial charge in [-0.05, 0) is 18.6 Å². The molecule has 106 valence electrons. The van der Waals surface area contributed by atoms with Crippen LogP contribution in [0, 0.1) is 0 Å². The van der Waals surface area contributed by atoms with Gasteiger partial charge in [-0.15, -0.1) is 0 Å². The fourth-order valence-corrected chi connectivity index (χ4v) is 2.30. The highest BCUT2D eigenvalue weighted by Gasteiger charge is 2.26. The first-order chi connectivity index (χ1) is 9.31. The summed E-state index contributed by atoms with van der Waals surface area (Å²) in [5.41, 5.74) is 0. The number of carbonyl (C=O) groups excluding carboxylic acids is 1. The van der Waals surface area contributed by atoms with Crippen molar-refractivity contribution < 1.29 is 18.7 Å². The number of methoxy groups -OCH3 is 1. The second-order valence-corrected chi connectivity index (χ2v) is 4.68. The van der Waals surface area contributed by atoms with Crippen molar-refractivity contribution in [3.05, 3.63) is 24.2 Å². The van der Waals surface area contributed by atoms with Crippen LogP contribution in [0.25, 0.3) is 0 Å². The highest BCUT2D eigenvalue weighted by atomic mass is 16.5. The number of nitrogens with zero attached hydrogens (tertiary/aromatic N) is 1. The molecule has 5 heteroatoms. The summed E-state index contributed by atoms with van der Waals surface area (Å²) in [6.07, 6.45) is 3.59. The predicted molar refractivity (Wildman–Crippen MR) is 69.8 cm³/mol. The molecule has 1 saturated heterocycles. The largest absolute Gasteiger partial charge is 0.469 e. The van der Waals surface area contributed by atoms with Gasteiger partial charge in [0.15, 0.2) is 0 Å². The molecule has 0 spiro atoms. The van der Waals surface area contributed by atoms with E-state index in [4.69, 9.17) is 13.9 Å². The Bertz CT molecular complexity index is 377. The van der Waals surface area contributed by atoms with Crippen molar-refractivity contribution in [2.24, 2.45) is 0 Å². The summed E-state index contributed by atoms with van der Waals surface area (Å²) in [5.74, 6) is 1.02. The van der Waals surface area contributed by atoms with Crippen LogP contribution in [0.15, 0.2) is 22.8 Å². The summed E-state index contributed by atoms with van der Waals surface area (Å²) in [6, 6.07) is 3.88. The first-order valence-electron chi connectivity index (χ1n) is 6.70. The Morgan fingerprint density at radius 3 is 3.21 bits per heavy atom. The fraction of sp³-hybridized carbons (Fsp3) is 0.643. The van der Waals surface area contributed by atoms with Crippen LogP contribution < -0.4 is 0 Å². The lowest BCUT2D eigenvalue weighted by atomic mass is 10.1. The molecule has 1 fully saturated rings. The molecule has 0 saturated carbocycles. The first kappa shape index (κ1) is 14.1. The fourth-order valence-electron chi connectivity index (χ4n) is 2.30. The zero-order chi connectivity index (χ0) is 13.5. The molecule has 2 heterocycles. The lowest BCUT2D eigenvalue weighted by Crippen LogP contribution is -2.49. The van der Waals surface area contributed by atoms with Gasteiger partial charge in [0, 0.05) is 33.1 Å². The van der Waals surface area contributed by atoms with E-state index < -0.39 is 0 Å². The molecular weight excluding hydrogens is 246 g/mol. The number of amides is 1. The van der Waals surface area contributed by atoms with Crippen molar-refractivity contribution >= 4 is 5.91 Å². The van der Waals surface area contributed by atoms with E-state index in [9.17, 15) is 4.79 Å². The van der Waals surface area contributed by atoms with E-state index in [1.54, 1.807) is 13.4 Å². The van der Waals surface area contributed by atoms with Gasteiger partial charge in [0.2, 0.25) is 5.91 Å². The molecule has 1 aromatic rings. The minimum Gasteiger partial charge on any atom is -0.469 e. The number of rotatable bonds is 6. The Morgan fingerprint density at radius 1 is 1.58 bits per heavy atom. The number of hydrogen-bond donors (Lipinski definition) is 0. The standard InChI is InChI=1S/C14H21NO4/c1-17-9-6-12-11-18-10-7-15(12)14(16)5-4-13-3-2-8-19-13/h2-3,8,12H,4-7,9-11H2,1H3. The maximum Gasteiger partial charge on any atom is 0.223 e. The summed E-state index contributed by atoms with van der Waals surface area (Å²) in [5, 5.41) is 0. The minimum absolute atomic E-state index is 0.137.